The molecule has 0 aliphatic heterocycles. The smallest absolute Gasteiger partial charge is 0.310 e. The predicted molar refractivity (Wildman–Crippen MR) is 85.8 cm³/mol. The summed E-state index contributed by atoms with van der Waals surface area (Å²) in [5, 5.41) is 14.5. The number of benzene rings is 1. The standard InChI is InChI=1S/C13H10IN3O5/c14-12-6-5-9(22-12)7-15-16-13(18)8-21-11-4-2-1-3-10(11)17(19)20/h1-7H,8H2,(H,16,18)/b15-7+. The molecule has 1 heterocycles. The van der Waals surface area contributed by atoms with Gasteiger partial charge in [-0.3, -0.25) is 14.9 Å². The molecule has 1 aromatic heterocycles. The Balaban J connectivity index is 1.85. The predicted octanol–water partition coefficient (Wildman–Crippen LogP) is 2.32. The summed E-state index contributed by atoms with van der Waals surface area (Å²) in [6.07, 6.45) is 1.34. The van der Waals surface area contributed by atoms with Crippen LogP contribution in [0.1, 0.15) is 5.76 Å². The fourth-order valence-electron chi connectivity index (χ4n) is 1.47. The van der Waals surface area contributed by atoms with Crippen molar-refractivity contribution in [2.24, 2.45) is 5.10 Å². The summed E-state index contributed by atoms with van der Waals surface area (Å²) in [7, 11) is 0. The first-order chi connectivity index (χ1) is 10.6. The second-order valence-corrected chi connectivity index (χ2v) is 5.01. The molecule has 1 aromatic carbocycles. The molecule has 0 atom stereocenters. The van der Waals surface area contributed by atoms with Gasteiger partial charge in [0.25, 0.3) is 5.91 Å². The molecule has 1 N–H and O–H groups in total. The van der Waals surface area contributed by atoms with Gasteiger partial charge in [0.2, 0.25) is 0 Å². The van der Waals surface area contributed by atoms with Gasteiger partial charge in [-0.1, -0.05) is 12.1 Å². The summed E-state index contributed by atoms with van der Waals surface area (Å²) in [6.45, 7) is -0.391. The van der Waals surface area contributed by atoms with Crippen LogP contribution in [0.2, 0.25) is 0 Å². The molecule has 1 amide bonds. The van der Waals surface area contributed by atoms with Crippen LogP contribution in [0.4, 0.5) is 5.69 Å². The van der Waals surface area contributed by atoms with E-state index in [1.54, 1.807) is 18.2 Å². The van der Waals surface area contributed by atoms with E-state index in [0.29, 0.717) is 9.53 Å². The molecule has 9 heteroatoms. The number of nitro benzene ring substituents is 1. The molecular weight excluding hydrogens is 405 g/mol. The van der Waals surface area contributed by atoms with Gasteiger partial charge in [-0.25, -0.2) is 5.43 Å². The molecule has 0 bridgehead atoms. The number of ether oxygens (including phenoxy) is 1. The third-order valence-corrected chi connectivity index (χ3v) is 2.98. The van der Waals surface area contributed by atoms with Crippen molar-refractivity contribution in [1.82, 2.24) is 5.43 Å². The molecule has 22 heavy (non-hydrogen) atoms. The van der Waals surface area contributed by atoms with Crippen molar-refractivity contribution < 1.29 is 18.9 Å². The maximum atomic E-state index is 11.5. The highest BCUT2D eigenvalue weighted by atomic mass is 127. The van der Waals surface area contributed by atoms with E-state index in [4.69, 9.17) is 9.15 Å². The van der Waals surface area contributed by atoms with Gasteiger partial charge in [0, 0.05) is 6.07 Å². The van der Waals surface area contributed by atoms with Crippen LogP contribution >= 0.6 is 22.6 Å². The van der Waals surface area contributed by atoms with E-state index in [1.165, 1.54) is 24.4 Å². The number of hydrogen-bond donors (Lipinski definition) is 1. The van der Waals surface area contributed by atoms with Gasteiger partial charge in [0.1, 0.15) is 5.76 Å². The Morgan fingerprint density at radius 3 is 2.86 bits per heavy atom. The molecule has 0 radical (unpaired) electrons. The number of amides is 1. The number of hydrazone groups is 1. The van der Waals surface area contributed by atoms with E-state index < -0.39 is 17.4 Å². The number of nitro groups is 1. The van der Waals surface area contributed by atoms with E-state index in [9.17, 15) is 14.9 Å². The lowest BCUT2D eigenvalue weighted by molar-refractivity contribution is -0.385. The largest absolute Gasteiger partial charge is 0.477 e. The first-order valence-electron chi connectivity index (χ1n) is 5.99. The molecule has 0 saturated carbocycles. The zero-order valence-corrected chi connectivity index (χ0v) is 13.2. The number of carbonyl (C=O) groups is 1. The van der Waals surface area contributed by atoms with Crippen LogP contribution in [0.5, 0.6) is 5.75 Å². The zero-order chi connectivity index (χ0) is 15.9. The summed E-state index contributed by atoms with van der Waals surface area (Å²) in [4.78, 5) is 21.7. The lowest BCUT2D eigenvalue weighted by Gasteiger charge is -2.05. The molecule has 0 saturated heterocycles. The third-order valence-electron chi connectivity index (χ3n) is 2.40. The number of para-hydroxylation sites is 2. The molecule has 0 fully saturated rings. The topological polar surface area (TPSA) is 107 Å². The molecule has 0 aliphatic rings. The van der Waals surface area contributed by atoms with Crippen LogP contribution in [0.15, 0.2) is 45.9 Å². The SMILES string of the molecule is O=C(COc1ccccc1[N+](=O)[O-])N/N=C/c1ccc(I)o1. The van der Waals surface area contributed by atoms with Crippen molar-refractivity contribution in [3.05, 3.63) is 56.0 Å². The third kappa shape index (κ3) is 4.55. The lowest BCUT2D eigenvalue weighted by Crippen LogP contribution is -2.24. The van der Waals surface area contributed by atoms with Gasteiger partial charge < -0.3 is 9.15 Å². The van der Waals surface area contributed by atoms with Gasteiger partial charge in [0.05, 0.1) is 11.1 Å². The first kappa shape index (κ1) is 15.9. The second-order valence-electron chi connectivity index (χ2n) is 3.95. The molecule has 0 unspecified atom stereocenters. The highest BCUT2D eigenvalue weighted by Crippen LogP contribution is 2.25. The first-order valence-corrected chi connectivity index (χ1v) is 7.07. The van der Waals surface area contributed by atoms with Gasteiger partial charge >= 0.3 is 5.69 Å². The van der Waals surface area contributed by atoms with Crippen LogP contribution in [-0.2, 0) is 4.79 Å². The van der Waals surface area contributed by atoms with E-state index in [1.807, 2.05) is 22.6 Å². The Hall–Kier alpha value is -2.43. The van der Waals surface area contributed by atoms with Gasteiger partial charge in [0.15, 0.2) is 16.1 Å². The van der Waals surface area contributed by atoms with E-state index >= 15 is 0 Å². The molecule has 2 rings (SSSR count). The van der Waals surface area contributed by atoms with Crippen molar-refractivity contribution in [1.29, 1.82) is 0 Å². The number of furan rings is 1. The number of halogens is 1. The highest BCUT2D eigenvalue weighted by molar-refractivity contribution is 14.1. The van der Waals surface area contributed by atoms with Crippen LogP contribution in [0.3, 0.4) is 0 Å². The number of hydrogen-bond acceptors (Lipinski definition) is 6. The quantitative estimate of drug-likeness (QED) is 0.337. The van der Waals surface area contributed by atoms with Crippen molar-refractivity contribution in [3.63, 3.8) is 0 Å². The molecule has 8 nitrogen and oxygen atoms in total. The summed E-state index contributed by atoms with van der Waals surface area (Å²) in [5.41, 5.74) is 2.03. The highest BCUT2D eigenvalue weighted by Gasteiger charge is 2.14. The van der Waals surface area contributed by atoms with Crippen LogP contribution in [-0.4, -0.2) is 23.7 Å². The minimum atomic E-state index is -0.579. The van der Waals surface area contributed by atoms with E-state index in [-0.39, 0.29) is 11.4 Å². The van der Waals surface area contributed by atoms with Gasteiger partial charge in [-0.05, 0) is 40.8 Å². The fraction of sp³-hybridized carbons (Fsp3) is 0.0769. The molecular formula is C13H10IN3O5. The zero-order valence-electron chi connectivity index (χ0n) is 11.1. The number of rotatable bonds is 6. The van der Waals surface area contributed by atoms with Crippen molar-refractivity contribution in [2.75, 3.05) is 6.61 Å². The van der Waals surface area contributed by atoms with Gasteiger partial charge in [-0.15, -0.1) is 0 Å². The normalized spacial score (nSPS) is 10.6. The molecule has 114 valence electrons. The Morgan fingerprint density at radius 1 is 1.41 bits per heavy atom. The average molecular weight is 415 g/mol. The van der Waals surface area contributed by atoms with Crippen LogP contribution in [0.25, 0.3) is 0 Å². The molecule has 0 spiro atoms. The number of nitrogens with one attached hydrogen (secondary N) is 1. The number of carbonyl (C=O) groups excluding carboxylic acids is 1. The van der Waals surface area contributed by atoms with Crippen LogP contribution < -0.4 is 10.2 Å². The lowest BCUT2D eigenvalue weighted by atomic mass is 10.3. The second kappa shape index (κ2) is 7.54. The van der Waals surface area contributed by atoms with Gasteiger partial charge in [-0.2, -0.15) is 5.10 Å². The van der Waals surface area contributed by atoms with Crippen molar-refractivity contribution in [2.45, 2.75) is 0 Å². The van der Waals surface area contributed by atoms with E-state index in [2.05, 4.69) is 10.5 Å². The molecule has 2 aromatic rings. The average Bonchev–Trinajstić information content (AvgIpc) is 2.91. The van der Waals surface area contributed by atoms with Crippen molar-refractivity contribution >= 4 is 40.4 Å². The maximum Gasteiger partial charge on any atom is 0.310 e. The summed E-state index contributed by atoms with van der Waals surface area (Å²) in [6, 6.07) is 9.25. The van der Waals surface area contributed by atoms with Crippen LogP contribution in [0, 0.1) is 13.9 Å². The van der Waals surface area contributed by atoms with Crippen molar-refractivity contribution in [3.8, 4) is 5.75 Å². The Morgan fingerprint density at radius 2 is 2.18 bits per heavy atom. The summed E-state index contributed by atoms with van der Waals surface area (Å²) >= 11 is 2.00. The maximum absolute atomic E-state index is 11.5. The monoisotopic (exact) mass is 415 g/mol. The number of nitrogens with zero attached hydrogens (tertiary/aromatic N) is 2. The minimum Gasteiger partial charge on any atom is -0.477 e. The summed E-state index contributed by atoms with van der Waals surface area (Å²) < 4.78 is 11.0. The Kier molecular flexibility index (Phi) is 5.47. The molecule has 0 aliphatic carbocycles. The fourth-order valence-corrected chi connectivity index (χ4v) is 1.91. The summed E-state index contributed by atoms with van der Waals surface area (Å²) in [5.74, 6) is -0.0350. The Labute approximate surface area is 138 Å². The Bertz CT molecular complexity index is 713. The minimum absolute atomic E-state index is 0.0206. The van der Waals surface area contributed by atoms with E-state index in [0.717, 1.165) is 0 Å².